The first-order valence-electron chi connectivity index (χ1n) is 5.41. The van der Waals surface area contributed by atoms with Crippen molar-refractivity contribution in [1.29, 1.82) is 0 Å². The lowest BCUT2D eigenvalue weighted by atomic mass is 10.4. The van der Waals surface area contributed by atoms with Crippen molar-refractivity contribution in [2.24, 2.45) is 0 Å². The highest BCUT2D eigenvalue weighted by Crippen LogP contribution is 2.05. The Balaban J connectivity index is 0.000000379. The fourth-order valence-electron chi connectivity index (χ4n) is 1.19. The Bertz CT molecular complexity index is 232. The van der Waals surface area contributed by atoms with E-state index in [1.54, 1.807) is 6.33 Å². The van der Waals surface area contributed by atoms with Crippen molar-refractivity contribution < 1.29 is 0 Å². The second kappa shape index (κ2) is 7.50. The average Bonchev–Trinajstić information content (AvgIpc) is 2.71. The highest BCUT2D eigenvalue weighted by Gasteiger charge is 2.12. The van der Waals surface area contributed by atoms with E-state index in [1.165, 1.54) is 0 Å². The van der Waals surface area contributed by atoms with Gasteiger partial charge in [0.05, 0.1) is 6.54 Å². The Morgan fingerprint density at radius 1 is 1.14 bits per heavy atom. The van der Waals surface area contributed by atoms with Crippen molar-refractivity contribution in [2.75, 3.05) is 13.6 Å². The average molecular weight is 198 g/mol. The summed E-state index contributed by atoms with van der Waals surface area (Å²) in [6.45, 7) is 11.1. The Morgan fingerprint density at radius 2 is 1.79 bits per heavy atom. The van der Waals surface area contributed by atoms with Gasteiger partial charge in [-0.05, 0) is 7.05 Å². The minimum absolute atomic E-state index is 0.931. The van der Waals surface area contributed by atoms with Gasteiger partial charge in [-0.15, -0.1) is 10.2 Å². The van der Waals surface area contributed by atoms with Crippen LogP contribution < -0.4 is 0 Å². The highest BCUT2D eigenvalue weighted by molar-refractivity contribution is 4.88. The topological polar surface area (TPSA) is 34.0 Å². The van der Waals surface area contributed by atoms with Crippen molar-refractivity contribution in [1.82, 2.24) is 19.7 Å². The minimum atomic E-state index is 0.931. The molecule has 1 aliphatic heterocycles. The maximum absolute atomic E-state index is 3.98. The molecule has 1 aliphatic rings. The van der Waals surface area contributed by atoms with Crippen LogP contribution in [0.1, 0.15) is 33.5 Å². The molecule has 2 rings (SSSR count). The molecule has 0 saturated heterocycles. The molecule has 82 valence electrons. The van der Waals surface area contributed by atoms with Crippen molar-refractivity contribution >= 4 is 0 Å². The zero-order valence-electron chi connectivity index (χ0n) is 9.99. The SMILES string of the molecule is CC.CC.CN1CCn2cnnc2C1. The van der Waals surface area contributed by atoms with Crippen LogP contribution in [-0.4, -0.2) is 33.3 Å². The summed E-state index contributed by atoms with van der Waals surface area (Å²) in [5.74, 6) is 1.08. The quantitative estimate of drug-likeness (QED) is 0.637. The first kappa shape index (κ1) is 13.1. The molecule has 0 saturated carbocycles. The van der Waals surface area contributed by atoms with E-state index in [4.69, 9.17) is 0 Å². The molecule has 0 aromatic carbocycles. The first-order chi connectivity index (χ1) is 6.86. The van der Waals surface area contributed by atoms with Crippen LogP contribution in [0.15, 0.2) is 6.33 Å². The molecule has 0 fully saturated rings. The van der Waals surface area contributed by atoms with Gasteiger partial charge in [0.25, 0.3) is 0 Å². The van der Waals surface area contributed by atoms with Crippen molar-refractivity contribution in [3.05, 3.63) is 12.2 Å². The fraction of sp³-hybridized carbons (Fsp3) is 0.800. The maximum atomic E-state index is 3.98. The normalized spacial score (nSPS) is 14.4. The van der Waals surface area contributed by atoms with Crippen LogP contribution in [0.4, 0.5) is 0 Å². The van der Waals surface area contributed by atoms with Crippen LogP contribution in [-0.2, 0) is 13.1 Å². The number of aromatic nitrogens is 3. The molecule has 0 bridgehead atoms. The molecule has 0 aliphatic carbocycles. The Labute approximate surface area is 86.9 Å². The van der Waals surface area contributed by atoms with Crippen LogP contribution in [0.3, 0.4) is 0 Å². The number of fused-ring (bicyclic) bond motifs is 1. The number of nitrogens with zero attached hydrogens (tertiary/aromatic N) is 4. The smallest absolute Gasteiger partial charge is 0.147 e. The van der Waals surface area contributed by atoms with Gasteiger partial charge in [-0.3, -0.25) is 4.90 Å². The third-order valence-corrected chi connectivity index (χ3v) is 1.83. The number of rotatable bonds is 0. The lowest BCUT2D eigenvalue weighted by molar-refractivity contribution is 0.264. The molecular weight excluding hydrogens is 176 g/mol. The number of hydrogen-bond acceptors (Lipinski definition) is 3. The van der Waals surface area contributed by atoms with Gasteiger partial charge < -0.3 is 4.57 Å². The molecular formula is C10H22N4. The second-order valence-corrected chi connectivity index (χ2v) is 2.68. The van der Waals surface area contributed by atoms with E-state index in [9.17, 15) is 0 Å². The van der Waals surface area contributed by atoms with E-state index in [0.717, 1.165) is 25.5 Å². The summed E-state index contributed by atoms with van der Waals surface area (Å²) in [7, 11) is 2.10. The molecule has 0 amide bonds. The van der Waals surface area contributed by atoms with E-state index < -0.39 is 0 Å². The Kier molecular flexibility index (Phi) is 7.02. The fourth-order valence-corrected chi connectivity index (χ4v) is 1.19. The van der Waals surface area contributed by atoms with Gasteiger partial charge in [0.2, 0.25) is 0 Å². The van der Waals surface area contributed by atoms with Gasteiger partial charge >= 0.3 is 0 Å². The minimum Gasteiger partial charge on any atom is -0.315 e. The molecule has 1 aromatic heterocycles. The molecule has 4 heteroatoms. The summed E-state index contributed by atoms with van der Waals surface area (Å²) in [4.78, 5) is 2.24. The monoisotopic (exact) mass is 198 g/mol. The third kappa shape index (κ3) is 3.46. The largest absolute Gasteiger partial charge is 0.315 e. The first-order valence-corrected chi connectivity index (χ1v) is 5.41. The predicted molar refractivity (Wildman–Crippen MR) is 59.1 cm³/mol. The van der Waals surface area contributed by atoms with Crippen LogP contribution in [0.25, 0.3) is 0 Å². The van der Waals surface area contributed by atoms with Crippen molar-refractivity contribution in [3.63, 3.8) is 0 Å². The van der Waals surface area contributed by atoms with E-state index >= 15 is 0 Å². The summed E-state index contributed by atoms with van der Waals surface area (Å²) in [6.07, 6.45) is 1.79. The Morgan fingerprint density at radius 3 is 2.43 bits per heavy atom. The van der Waals surface area contributed by atoms with Crippen molar-refractivity contribution in [2.45, 2.75) is 40.8 Å². The highest BCUT2D eigenvalue weighted by atomic mass is 15.3. The van der Waals surface area contributed by atoms with Gasteiger partial charge in [-0.1, -0.05) is 27.7 Å². The van der Waals surface area contributed by atoms with Crippen LogP contribution in [0.2, 0.25) is 0 Å². The molecule has 0 unspecified atom stereocenters. The zero-order valence-corrected chi connectivity index (χ0v) is 9.99. The lowest BCUT2D eigenvalue weighted by Gasteiger charge is -2.21. The summed E-state index contributed by atoms with van der Waals surface area (Å²) >= 11 is 0. The van der Waals surface area contributed by atoms with Gasteiger partial charge in [0.1, 0.15) is 12.2 Å². The summed E-state index contributed by atoms with van der Waals surface area (Å²) in [5, 5.41) is 7.80. The van der Waals surface area contributed by atoms with Gasteiger partial charge in [0, 0.05) is 13.1 Å². The van der Waals surface area contributed by atoms with Gasteiger partial charge in [0.15, 0.2) is 0 Å². The maximum Gasteiger partial charge on any atom is 0.147 e. The van der Waals surface area contributed by atoms with Crippen LogP contribution in [0.5, 0.6) is 0 Å². The van der Waals surface area contributed by atoms with E-state index in [1.807, 2.05) is 27.7 Å². The predicted octanol–water partition coefficient (Wildman–Crippen LogP) is 1.78. The number of hydrogen-bond donors (Lipinski definition) is 0. The second-order valence-electron chi connectivity index (χ2n) is 2.68. The number of likely N-dealkylation sites (N-methyl/N-ethyl adjacent to an activating group) is 1. The molecule has 0 radical (unpaired) electrons. The summed E-state index contributed by atoms with van der Waals surface area (Å²) < 4.78 is 2.10. The molecule has 0 spiro atoms. The Hall–Kier alpha value is -0.900. The molecule has 14 heavy (non-hydrogen) atoms. The van der Waals surface area contributed by atoms with E-state index in [0.29, 0.717) is 0 Å². The molecule has 0 atom stereocenters. The van der Waals surface area contributed by atoms with Crippen molar-refractivity contribution in [3.8, 4) is 0 Å². The molecule has 0 N–H and O–H groups in total. The van der Waals surface area contributed by atoms with E-state index in [2.05, 4.69) is 26.7 Å². The molecule has 4 nitrogen and oxygen atoms in total. The van der Waals surface area contributed by atoms with Crippen LogP contribution >= 0.6 is 0 Å². The zero-order chi connectivity index (χ0) is 11.0. The summed E-state index contributed by atoms with van der Waals surface area (Å²) in [5.41, 5.74) is 0. The third-order valence-electron chi connectivity index (χ3n) is 1.83. The lowest BCUT2D eigenvalue weighted by Crippen LogP contribution is -2.30. The molecule has 2 heterocycles. The van der Waals surface area contributed by atoms with Gasteiger partial charge in [-0.2, -0.15) is 0 Å². The van der Waals surface area contributed by atoms with Gasteiger partial charge in [-0.25, -0.2) is 0 Å². The van der Waals surface area contributed by atoms with E-state index in [-0.39, 0.29) is 0 Å². The standard InChI is InChI=1S/C6H10N4.2C2H6/c1-9-2-3-10-5-7-8-6(10)4-9;2*1-2/h5H,2-4H2,1H3;2*1-2H3. The molecule has 1 aromatic rings. The van der Waals surface area contributed by atoms with Crippen LogP contribution in [0, 0.1) is 0 Å². The summed E-state index contributed by atoms with van der Waals surface area (Å²) in [6, 6.07) is 0.